The SMILES string of the molecule is O=c1[nH]nc2cc(NCCc3ncno3)ncn12. The van der Waals surface area contributed by atoms with E-state index in [4.69, 9.17) is 4.52 Å². The van der Waals surface area contributed by atoms with Crippen LogP contribution < -0.4 is 11.0 Å². The fraction of sp³-hybridized carbons (Fsp3) is 0.222. The first-order chi connectivity index (χ1) is 8.83. The molecule has 92 valence electrons. The molecule has 9 nitrogen and oxygen atoms in total. The summed E-state index contributed by atoms with van der Waals surface area (Å²) in [5.74, 6) is 1.18. The molecule has 9 heteroatoms. The molecule has 0 atom stereocenters. The Hall–Kier alpha value is -2.71. The molecule has 3 rings (SSSR count). The maximum absolute atomic E-state index is 11.2. The Morgan fingerprint density at radius 3 is 3.22 bits per heavy atom. The third-order valence-corrected chi connectivity index (χ3v) is 2.36. The second-order valence-corrected chi connectivity index (χ2v) is 3.54. The maximum atomic E-state index is 11.2. The monoisotopic (exact) mass is 247 g/mol. The van der Waals surface area contributed by atoms with E-state index in [1.165, 1.54) is 17.1 Å². The minimum atomic E-state index is -0.310. The van der Waals surface area contributed by atoms with Crippen molar-refractivity contribution in [2.24, 2.45) is 0 Å². The van der Waals surface area contributed by atoms with Crippen LogP contribution in [-0.4, -0.2) is 36.3 Å². The molecule has 0 bridgehead atoms. The van der Waals surface area contributed by atoms with Crippen molar-refractivity contribution in [3.05, 3.63) is 35.1 Å². The molecule has 0 unspecified atom stereocenters. The van der Waals surface area contributed by atoms with Crippen molar-refractivity contribution >= 4 is 11.5 Å². The van der Waals surface area contributed by atoms with Crippen LogP contribution in [0.15, 0.2) is 28.0 Å². The molecular weight excluding hydrogens is 238 g/mol. The summed E-state index contributed by atoms with van der Waals surface area (Å²) < 4.78 is 6.18. The average Bonchev–Trinajstić information content (AvgIpc) is 3.00. The smallest absolute Gasteiger partial charge is 0.348 e. The summed E-state index contributed by atoms with van der Waals surface area (Å²) in [6.07, 6.45) is 3.37. The van der Waals surface area contributed by atoms with Crippen LogP contribution in [-0.2, 0) is 6.42 Å². The van der Waals surface area contributed by atoms with Crippen LogP contribution in [0.2, 0.25) is 0 Å². The van der Waals surface area contributed by atoms with Crippen LogP contribution in [0.5, 0.6) is 0 Å². The van der Waals surface area contributed by atoms with Gasteiger partial charge in [-0.15, -0.1) is 0 Å². The van der Waals surface area contributed by atoms with Crippen LogP contribution in [0.4, 0.5) is 5.82 Å². The van der Waals surface area contributed by atoms with E-state index in [9.17, 15) is 4.79 Å². The van der Waals surface area contributed by atoms with Gasteiger partial charge >= 0.3 is 5.69 Å². The first kappa shape index (κ1) is 10.4. The molecule has 0 aliphatic rings. The van der Waals surface area contributed by atoms with Gasteiger partial charge in [-0.05, 0) is 0 Å². The molecule has 0 saturated heterocycles. The van der Waals surface area contributed by atoms with Gasteiger partial charge in [-0.2, -0.15) is 10.1 Å². The third-order valence-electron chi connectivity index (χ3n) is 2.36. The lowest BCUT2D eigenvalue weighted by Crippen LogP contribution is -2.11. The highest BCUT2D eigenvalue weighted by Crippen LogP contribution is 2.04. The number of hydrogen-bond acceptors (Lipinski definition) is 7. The summed E-state index contributed by atoms with van der Waals surface area (Å²) in [4.78, 5) is 19.2. The van der Waals surface area contributed by atoms with Gasteiger partial charge in [-0.1, -0.05) is 5.16 Å². The molecule has 3 aromatic heterocycles. The Balaban J connectivity index is 1.69. The first-order valence-corrected chi connectivity index (χ1v) is 5.25. The fourth-order valence-corrected chi connectivity index (χ4v) is 1.51. The lowest BCUT2D eigenvalue weighted by atomic mass is 10.4. The van der Waals surface area contributed by atoms with E-state index in [1.54, 1.807) is 6.07 Å². The number of aromatic amines is 1. The summed E-state index contributed by atoms with van der Waals surface area (Å²) in [6, 6.07) is 1.67. The Morgan fingerprint density at radius 2 is 2.39 bits per heavy atom. The van der Waals surface area contributed by atoms with Crippen molar-refractivity contribution in [3.63, 3.8) is 0 Å². The van der Waals surface area contributed by atoms with Crippen LogP contribution >= 0.6 is 0 Å². The standard InChI is InChI=1S/C9H9N7O2/c17-9-15-14-7-3-6(12-5-16(7)9)10-2-1-8-11-4-13-18-8/h3-5,10H,1-2H2,(H,15,17). The minimum absolute atomic E-state index is 0.310. The Morgan fingerprint density at radius 1 is 1.44 bits per heavy atom. The number of nitrogens with one attached hydrogen (secondary N) is 2. The molecule has 18 heavy (non-hydrogen) atoms. The van der Waals surface area contributed by atoms with Crippen molar-refractivity contribution < 1.29 is 4.52 Å². The van der Waals surface area contributed by atoms with E-state index in [1.807, 2.05) is 0 Å². The number of H-pyrrole nitrogens is 1. The Bertz CT molecular complexity index is 699. The fourth-order valence-electron chi connectivity index (χ4n) is 1.51. The van der Waals surface area contributed by atoms with Gasteiger partial charge in [-0.3, -0.25) is 0 Å². The zero-order chi connectivity index (χ0) is 12.4. The summed E-state index contributed by atoms with van der Waals surface area (Å²) in [5, 5.41) is 12.8. The van der Waals surface area contributed by atoms with E-state index in [0.29, 0.717) is 30.3 Å². The minimum Gasteiger partial charge on any atom is -0.369 e. The topological polar surface area (TPSA) is 114 Å². The molecule has 0 fully saturated rings. The summed E-state index contributed by atoms with van der Waals surface area (Å²) in [7, 11) is 0. The zero-order valence-corrected chi connectivity index (χ0v) is 9.20. The Kier molecular flexibility index (Phi) is 2.48. The van der Waals surface area contributed by atoms with Gasteiger partial charge in [0.2, 0.25) is 5.89 Å². The molecule has 3 aromatic rings. The number of rotatable bonds is 4. The predicted molar refractivity (Wildman–Crippen MR) is 60.1 cm³/mol. The number of nitrogens with zero attached hydrogens (tertiary/aromatic N) is 5. The van der Waals surface area contributed by atoms with Crippen LogP contribution in [0.25, 0.3) is 5.65 Å². The van der Waals surface area contributed by atoms with E-state index in [2.05, 4.69) is 30.6 Å². The molecule has 0 radical (unpaired) electrons. The largest absolute Gasteiger partial charge is 0.369 e. The van der Waals surface area contributed by atoms with Crippen LogP contribution in [0.3, 0.4) is 0 Å². The number of fused-ring (bicyclic) bond motifs is 1. The highest BCUT2D eigenvalue weighted by molar-refractivity contribution is 5.48. The van der Waals surface area contributed by atoms with Gasteiger partial charge in [0.05, 0.1) is 0 Å². The van der Waals surface area contributed by atoms with Crippen molar-refractivity contribution in [1.29, 1.82) is 0 Å². The second-order valence-electron chi connectivity index (χ2n) is 3.54. The normalized spacial score (nSPS) is 10.9. The van der Waals surface area contributed by atoms with Gasteiger partial charge in [0.25, 0.3) is 0 Å². The molecule has 0 aromatic carbocycles. The maximum Gasteiger partial charge on any atom is 0.348 e. The van der Waals surface area contributed by atoms with Gasteiger partial charge in [0, 0.05) is 19.0 Å². The number of anilines is 1. The average molecular weight is 247 g/mol. The van der Waals surface area contributed by atoms with Gasteiger partial charge in [0.1, 0.15) is 12.1 Å². The third kappa shape index (κ3) is 1.93. The molecule has 0 saturated carbocycles. The van der Waals surface area contributed by atoms with Gasteiger partial charge in [0.15, 0.2) is 12.0 Å². The van der Waals surface area contributed by atoms with Crippen molar-refractivity contribution in [2.75, 3.05) is 11.9 Å². The lowest BCUT2D eigenvalue weighted by Gasteiger charge is -2.02. The second kappa shape index (κ2) is 4.28. The zero-order valence-electron chi connectivity index (χ0n) is 9.20. The molecule has 2 N–H and O–H groups in total. The first-order valence-electron chi connectivity index (χ1n) is 5.25. The van der Waals surface area contributed by atoms with Crippen LogP contribution in [0, 0.1) is 0 Å². The van der Waals surface area contributed by atoms with E-state index in [0.717, 1.165) is 0 Å². The summed E-state index contributed by atoms with van der Waals surface area (Å²) in [6.45, 7) is 0.597. The highest BCUT2D eigenvalue weighted by Gasteiger charge is 2.03. The summed E-state index contributed by atoms with van der Waals surface area (Å²) >= 11 is 0. The van der Waals surface area contributed by atoms with E-state index >= 15 is 0 Å². The van der Waals surface area contributed by atoms with Crippen molar-refractivity contribution in [3.8, 4) is 0 Å². The van der Waals surface area contributed by atoms with Crippen molar-refractivity contribution in [1.82, 2.24) is 29.7 Å². The predicted octanol–water partition coefficient (Wildman–Crippen LogP) is -0.545. The molecular formula is C9H9N7O2. The lowest BCUT2D eigenvalue weighted by molar-refractivity contribution is 0.379. The molecule has 0 amide bonds. The molecule has 0 aliphatic carbocycles. The highest BCUT2D eigenvalue weighted by atomic mass is 16.5. The summed E-state index contributed by atoms with van der Waals surface area (Å²) in [5.41, 5.74) is 0.199. The van der Waals surface area contributed by atoms with Gasteiger partial charge < -0.3 is 9.84 Å². The van der Waals surface area contributed by atoms with Crippen LogP contribution in [0.1, 0.15) is 5.89 Å². The number of aromatic nitrogens is 6. The quantitative estimate of drug-likeness (QED) is 0.636. The molecule has 0 aliphatic heterocycles. The molecule has 0 spiro atoms. The Labute approximate surface area is 99.9 Å². The number of hydrogen-bond donors (Lipinski definition) is 2. The van der Waals surface area contributed by atoms with Gasteiger partial charge in [-0.25, -0.2) is 19.3 Å². The van der Waals surface area contributed by atoms with Crippen molar-refractivity contribution in [2.45, 2.75) is 6.42 Å². The molecule has 3 heterocycles. The van der Waals surface area contributed by atoms with E-state index < -0.39 is 0 Å². The van der Waals surface area contributed by atoms with E-state index in [-0.39, 0.29) is 5.69 Å².